The molecule has 3 heterocycles. The number of carbonyl (C=O) groups excluding carboxylic acids is 1. The maximum Gasteiger partial charge on any atom is 0.490 e. The number of alkyl halides is 3. The summed E-state index contributed by atoms with van der Waals surface area (Å²) >= 11 is 0. The van der Waals surface area contributed by atoms with Gasteiger partial charge in [0, 0.05) is 38.2 Å². The van der Waals surface area contributed by atoms with Crippen molar-refractivity contribution in [2.24, 2.45) is 5.92 Å². The molecule has 0 aromatic carbocycles. The van der Waals surface area contributed by atoms with E-state index in [4.69, 9.17) is 19.4 Å². The Bertz CT molecular complexity index is 732. The van der Waals surface area contributed by atoms with Crippen molar-refractivity contribution in [2.75, 3.05) is 19.7 Å². The normalized spacial score (nSPS) is 22.9. The number of hydrogen-bond donors (Lipinski definition) is 1. The van der Waals surface area contributed by atoms with E-state index in [9.17, 15) is 18.0 Å². The van der Waals surface area contributed by atoms with Crippen LogP contribution >= 0.6 is 0 Å². The first-order valence-electron chi connectivity index (χ1n) is 9.96. The van der Waals surface area contributed by atoms with Gasteiger partial charge in [-0.25, -0.2) is 9.78 Å². The molecule has 1 aromatic rings. The van der Waals surface area contributed by atoms with Gasteiger partial charge in [0.15, 0.2) is 0 Å². The Kier molecular flexibility index (Phi) is 6.84. The van der Waals surface area contributed by atoms with Crippen LogP contribution in [0.1, 0.15) is 38.5 Å². The van der Waals surface area contributed by atoms with Gasteiger partial charge in [-0.3, -0.25) is 4.79 Å². The van der Waals surface area contributed by atoms with Crippen LogP contribution in [0.3, 0.4) is 0 Å². The summed E-state index contributed by atoms with van der Waals surface area (Å²) in [7, 11) is 0. The van der Waals surface area contributed by atoms with Crippen molar-refractivity contribution in [3.8, 4) is 5.88 Å². The molecule has 1 amide bonds. The second-order valence-corrected chi connectivity index (χ2v) is 7.94. The second kappa shape index (κ2) is 9.20. The SMILES string of the molecule is O=C(CC1CC1)N1CCC2(CC1)CC(Oc1ccccn1)CO2.O=C(O)C(F)(F)F. The van der Waals surface area contributed by atoms with E-state index in [2.05, 4.69) is 4.98 Å². The number of hydrogen-bond acceptors (Lipinski definition) is 5. The number of aliphatic carboxylic acids is 1. The van der Waals surface area contributed by atoms with Crippen LogP contribution in [0, 0.1) is 5.92 Å². The topological polar surface area (TPSA) is 89.0 Å². The molecule has 1 atom stereocenters. The Labute approximate surface area is 172 Å². The number of carboxylic acid groups (broad SMARTS) is 1. The second-order valence-electron chi connectivity index (χ2n) is 7.94. The lowest BCUT2D eigenvalue weighted by Crippen LogP contribution is -2.46. The number of carboxylic acids is 1. The minimum Gasteiger partial charge on any atom is -0.475 e. The van der Waals surface area contributed by atoms with Crippen LogP contribution < -0.4 is 4.74 Å². The van der Waals surface area contributed by atoms with Crippen molar-refractivity contribution in [2.45, 2.75) is 56.4 Å². The van der Waals surface area contributed by atoms with Gasteiger partial charge in [0.25, 0.3) is 0 Å². The molecule has 10 heteroatoms. The monoisotopic (exact) mass is 430 g/mol. The molecule has 1 unspecified atom stereocenters. The van der Waals surface area contributed by atoms with Gasteiger partial charge in [-0.05, 0) is 37.7 Å². The van der Waals surface area contributed by atoms with E-state index in [0.717, 1.165) is 38.8 Å². The minimum absolute atomic E-state index is 0.0682. The van der Waals surface area contributed by atoms with Gasteiger partial charge in [0.2, 0.25) is 11.8 Å². The van der Waals surface area contributed by atoms with E-state index in [-0.39, 0.29) is 11.7 Å². The molecular formula is C20H25F3N2O5. The van der Waals surface area contributed by atoms with Crippen molar-refractivity contribution >= 4 is 11.9 Å². The van der Waals surface area contributed by atoms with Gasteiger partial charge in [-0.1, -0.05) is 6.07 Å². The molecule has 1 spiro atoms. The number of piperidine rings is 1. The summed E-state index contributed by atoms with van der Waals surface area (Å²) in [5.41, 5.74) is -0.101. The van der Waals surface area contributed by atoms with E-state index < -0.39 is 12.1 Å². The van der Waals surface area contributed by atoms with E-state index in [0.29, 0.717) is 24.3 Å². The first kappa shape index (κ1) is 22.3. The molecule has 1 N–H and O–H groups in total. The summed E-state index contributed by atoms with van der Waals surface area (Å²) < 4.78 is 43.8. The standard InChI is InChI=1S/C18H24N2O3.C2HF3O2/c21-17(11-14-4-5-14)20-9-6-18(7-10-20)12-15(13-22-18)23-16-3-1-2-8-19-16;3-2(4,5)1(6)7/h1-3,8,14-15H,4-7,9-13H2;(H,6,7). The highest BCUT2D eigenvalue weighted by Gasteiger charge is 2.44. The van der Waals surface area contributed by atoms with Crippen LogP contribution in [0.5, 0.6) is 5.88 Å². The van der Waals surface area contributed by atoms with Crippen LogP contribution in [0.4, 0.5) is 13.2 Å². The maximum atomic E-state index is 12.2. The first-order valence-corrected chi connectivity index (χ1v) is 9.96. The molecule has 30 heavy (non-hydrogen) atoms. The molecule has 3 fully saturated rings. The van der Waals surface area contributed by atoms with E-state index in [1.54, 1.807) is 6.20 Å². The fourth-order valence-corrected chi connectivity index (χ4v) is 3.68. The molecular weight excluding hydrogens is 405 g/mol. The Balaban J connectivity index is 0.000000318. The molecule has 2 aliphatic heterocycles. The lowest BCUT2D eigenvalue weighted by atomic mass is 9.88. The Morgan fingerprint density at radius 3 is 2.47 bits per heavy atom. The molecule has 7 nitrogen and oxygen atoms in total. The fraction of sp³-hybridized carbons (Fsp3) is 0.650. The predicted molar refractivity (Wildman–Crippen MR) is 98.8 cm³/mol. The maximum absolute atomic E-state index is 12.2. The van der Waals surface area contributed by atoms with Gasteiger partial charge in [-0.2, -0.15) is 13.2 Å². The number of likely N-dealkylation sites (tertiary alicyclic amines) is 1. The molecule has 2 saturated heterocycles. The number of rotatable bonds is 4. The number of nitrogens with zero attached hydrogens (tertiary/aromatic N) is 2. The van der Waals surface area contributed by atoms with Crippen molar-refractivity contribution in [1.29, 1.82) is 0 Å². The van der Waals surface area contributed by atoms with Crippen molar-refractivity contribution in [1.82, 2.24) is 9.88 Å². The Morgan fingerprint density at radius 1 is 1.27 bits per heavy atom. The molecule has 166 valence electrons. The highest BCUT2D eigenvalue weighted by atomic mass is 19.4. The number of aromatic nitrogens is 1. The summed E-state index contributed by atoms with van der Waals surface area (Å²) in [6.45, 7) is 2.26. The summed E-state index contributed by atoms with van der Waals surface area (Å²) in [6, 6.07) is 5.69. The molecule has 1 aromatic heterocycles. The molecule has 3 aliphatic rings. The zero-order valence-corrected chi connectivity index (χ0v) is 16.4. The van der Waals surface area contributed by atoms with Crippen LogP contribution in [-0.4, -0.2) is 64.4 Å². The van der Waals surface area contributed by atoms with Crippen molar-refractivity contribution in [3.05, 3.63) is 24.4 Å². The zero-order chi connectivity index (χ0) is 21.8. The highest BCUT2D eigenvalue weighted by molar-refractivity contribution is 5.76. The lowest BCUT2D eigenvalue weighted by Gasteiger charge is -2.38. The molecule has 1 aliphatic carbocycles. The Morgan fingerprint density at radius 2 is 1.93 bits per heavy atom. The fourth-order valence-electron chi connectivity index (χ4n) is 3.68. The highest BCUT2D eigenvalue weighted by Crippen LogP contribution is 2.38. The van der Waals surface area contributed by atoms with Crippen LogP contribution in [-0.2, 0) is 14.3 Å². The van der Waals surface area contributed by atoms with Crippen molar-refractivity contribution in [3.63, 3.8) is 0 Å². The average molecular weight is 430 g/mol. The smallest absolute Gasteiger partial charge is 0.475 e. The average Bonchev–Trinajstić information content (AvgIpc) is 3.43. The zero-order valence-electron chi connectivity index (χ0n) is 16.4. The lowest BCUT2D eigenvalue weighted by molar-refractivity contribution is -0.192. The first-order chi connectivity index (χ1) is 14.2. The summed E-state index contributed by atoms with van der Waals surface area (Å²) in [5.74, 6) is -1.10. The summed E-state index contributed by atoms with van der Waals surface area (Å²) in [4.78, 5) is 27.3. The largest absolute Gasteiger partial charge is 0.490 e. The van der Waals surface area contributed by atoms with Crippen LogP contribution in [0.2, 0.25) is 0 Å². The quantitative estimate of drug-likeness (QED) is 0.790. The number of pyridine rings is 1. The summed E-state index contributed by atoms with van der Waals surface area (Å²) in [5, 5.41) is 7.12. The Hall–Kier alpha value is -2.36. The van der Waals surface area contributed by atoms with E-state index >= 15 is 0 Å². The minimum atomic E-state index is -5.08. The van der Waals surface area contributed by atoms with Crippen molar-refractivity contribution < 1.29 is 37.3 Å². The molecule has 1 saturated carbocycles. The van der Waals surface area contributed by atoms with E-state index in [1.807, 2.05) is 23.1 Å². The number of ether oxygens (including phenoxy) is 2. The third-order valence-corrected chi connectivity index (χ3v) is 5.53. The van der Waals surface area contributed by atoms with Gasteiger partial charge in [-0.15, -0.1) is 0 Å². The van der Waals surface area contributed by atoms with Crippen LogP contribution in [0.25, 0.3) is 0 Å². The number of carbonyl (C=O) groups is 2. The number of halogens is 3. The third-order valence-electron chi connectivity index (χ3n) is 5.53. The van der Waals surface area contributed by atoms with E-state index in [1.165, 1.54) is 12.8 Å². The molecule has 4 rings (SSSR count). The van der Waals surface area contributed by atoms with Gasteiger partial charge >= 0.3 is 12.1 Å². The van der Waals surface area contributed by atoms with Gasteiger partial charge < -0.3 is 19.5 Å². The third kappa shape index (κ3) is 6.32. The van der Waals surface area contributed by atoms with Crippen LogP contribution in [0.15, 0.2) is 24.4 Å². The van der Waals surface area contributed by atoms with Gasteiger partial charge in [0.05, 0.1) is 12.2 Å². The predicted octanol–water partition coefficient (Wildman–Crippen LogP) is 3.04. The summed E-state index contributed by atoms with van der Waals surface area (Å²) in [6.07, 6.45) is 2.69. The molecule has 0 bridgehead atoms. The van der Waals surface area contributed by atoms with Gasteiger partial charge in [0.1, 0.15) is 6.10 Å². The molecule has 0 radical (unpaired) electrons. The number of amides is 1.